The van der Waals surface area contributed by atoms with Crippen LogP contribution in [0.1, 0.15) is 61.3 Å². The van der Waals surface area contributed by atoms with Gasteiger partial charge in [-0.1, -0.05) is 150 Å². The normalized spacial score (nSPS) is 14.4. The third kappa shape index (κ3) is 4.82. The lowest BCUT2D eigenvalue weighted by Gasteiger charge is -2.24. The highest BCUT2D eigenvalue weighted by molar-refractivity contribution is 6.27. The van der Waals surface area contributed by atoms with E-state index < -0.39 is 5.41 Å². The average Bonchev–Trinajstić information content (AvgIpc) is 4.24. The molecule has 0 atom stereocenters. The van der Waals surface area contributed by atoms with Crippen LogP contribution in [0.4, 0.5) is 0 Å². The maximum Gasteiger partial charge on any atom is 0.144 e. The van der Waals surface area contributed by atoms with Crippen molar-refractivity contribution in [2.45, 2.75) is 38.5 Å². The number of para-hydroxylation sites is 3. The van der Waals surface area contributed by atoms with E-state index in [4.69, 9.17) is 17.7 Å². The third-order valence-corrected chi connectivity index (χ3v) is 16.8. The number of fused-ring (bicyclic) bond motifs is 22. The summed E-state index contributed by atoms with van der Waals surface area (Å²) in [5.74, 6) is 0.721. The Morgan fingerprint density at radius 3 is 1.39 bits per heavy atom. The molecule has 0 spiro atoms. The topological polar surface area (TPSA) is 52.6 Å². The van der Waals surface area contributed by atoms with Crippen LogP contribution in [0.25, 0.3) is 155 Å². The molecule has 4 heterocycles. The number of hydrogen-bond donors (Lipinski definition) is 0. The maximum absolute atomic E-state index is 7.17. The van der Waals surface area contributed by atoms with Crippen molar-refractivity contribution in [1.29, 1.82) is 0 Å². The summed E-state index contributed by atoms with van der Waals surface area (Å²) in [7, 11) is 0. The molecule has 0 N–H and O–H groups in total. The van der Waals surface area contributed by atoms with Crippen molar-refractivity contribution in [2.75, 3.05) is 0 Å². The molecule has 0 fully saturated rings. The van der Waals surface area contributed by atoms with Gasteiger partial charge in [0.1, 0.15) is 44.8 Å². The van der Waals surface area contributed by atoms with Crippen molar-refractivity contribution in [2.24, 2.45) is 0 Å². The van der Waals surface area contributed by atoms with E-state index in [2.05, 4.69) is 193 Å². The van der Waals surface area contributed by atoms with E-state index >= 15 is 0 Å². The van der Waals surface area contributed by atoms with Crippen molar-refractivity contribution in [3.63, 3.8) is 0 Å². The zero-order chi connectivity index (χ0) is 48.1. The van der Waals surface area contributed by atoms with Crippen LogP contribution < -0.4 is 0 Å². The zero-order valence-electron chi connectivity index (χ0n) is 40.2. The smallest absolute Gasteiger partial charge is 0.144 e. The lowest BCUT2D eigenvalue weighted by atomic mass is 9.78. The fourth-order valence-electron chi connectivity index (χ4n) is 13.5. The van der Waals surface area contributed by atoms with Gasteiger partial charge in [0, 0.05) is 65.2 Å². The van der Waals surface area contributed by atoms with Crippen LogP contribution in [-0.4, -0.2) is 0 Å². The SMILES string of the molecule is C=Cc1oc2cc(-c3cc4c(c5oc6ccccc6c35)-c3cc5c(cc3C4(C)C)-c3c(cc(-c4cc6oc7ccccc7c6c6ccccc46)c4oc6ccccc6c34)C5(C)C)c3ccccc3c2c1C=C. The molecule has 16 rings (SSSR count). The fraction of sp³-hybridized carbons (Fsp3) is 0.0882. The lowest BCUT2D eigenvalue weighted by molar-refractivity contribution is 0.604. The van der Waals surface area contributed by atoms with Gasteiger partial charge in [0.2, 0.25) is 0 Å². The molecule has 4 nitrogen and oxygen atoms in total. The van der Waals surface area contributed by atoms with Crippen molar-refractivity contribution >= 4 is 110 Å². The average molecular weight is 925 g/mol. The van der Waals surface area contributed by atoms with Gasteiger partial charge in [0.15, 0.2) is 0 Å². The van der Waals surface area contributed by atoms with Gasteiger partial charge >= 0.3 is 0 Å². The molecule has 0 amide bonds. The molecule has 0 bridgehead atoms. The number of furan rings is 4. The molecule has 0 saturated heterocycles. The summed E-state index contributed by atoms with van der Waals surface area (Å²) >= 11 is 0. The van der Waals surface area contributed by atoms with Crippen LogP contribution in [0.3, 0.4) is 0 Å². The second kappa shape index (κ2) is 13.5. The van der Waals surface area contributed by atoms with Gasteiger partial charge in [-0.25, -0.2) is 0 Å². The summed E-state index contributed by atoms with van der Waals surface area (Å²) in [5, 5.41) is 12.3. The summed E-state index contributed by atoms with van der Waals surface area (Å²) in [6, 6.07) is 57.2. The van der Waals surface area contributed by atoms with Gasteiger partial charge in [0.25, 0.3) is 0 Å². The molecule has 2 aliphatic rings. The summed E-state index contributed by atoms with van der Waals surface area (Å²) in [5.41, 5.74) is 20.6. The molecule has 4 aromatic heterocycles. The van der Waals surface area contributed by atoms with E-state index in [1.54, 1.807) is 6.08 Å². The highest BCUT2D eigenvalue weighted by atomic mass is 16.3. The minimum atomic E-state index is -0.399. The molecule has 72 heavy (non-hydrogen) atoms. The predicted octanol–water partition coefficient (Wildman–Crippen LogP) is 19.7. The summed E-state index contributed by atoms with van der Waals surface area (Å²) in [6.45, 7) is 17.8. The Morgan fingerprint density at radius 1 is 0.333 bits per heavy atom. The van der Waals surface area contributed by atoms with Gasteiger partial charge in [-0.05, 0) is 138 Å². The Balaban J connectivity index is 0.971. The van der Waals surface area contributed by atoms with E-state index in [0.29, 0.717) is 0 Å². The molecule has 2 aliphatic carbocycles. The standard InChI is InChI=1S/C68H44O4/c1-7-35-53(8-2)69-57-33-43(36-19-9-11-21-38(36)59(35)57)45-29-52-63(66-61(45)41-24-14-17-27-55(41)72-66)48-32-49-47(31-50(48)68(52,5)6)62-51(67(49,3)4)30-46(65-64(62)42-25-15-18-28-56(42)71-65)44-34-58-60(39-22-12-10-20-37(39)44)40-23-13-16-26-54(40)70-58/h7-34H,1-2H2,3-6H3. The maximum atomic E-state index is 7.17. The van der Waals surface area contributed by atoms with Gasteiger partial charge in [0.05, 0.1) is 0 Å². The number of benzene rings is 10. The molecule has 340 valence electrons. The summed E-state index contributed by atoms with van der Waals surface area (Å²) in [4.78, 5) is 0. The Hall–Kier alpha value is -8.86. The van der Waals surface area contributed by atoms with E-state index in [1.807, 2.05) is 12.1 Å². The van der Waals surface area contributed by atoms with Crippen LogP contribution in [-0.2, 0) is 10.8 Å². The minimum Gasteiger partial charge on any atom is -0.456 e. The van der Waals surface area contributed by atoms with Crippen LogP contribution in [0, 0.1) is 0 Å². The fourth-order valence-corrected chi connectivity index (χ4v) is 13.5. The summed E-state index contributed by atoms with van der Waals surface area (Å²) < 4.78 is 27.5. The van der Waals surface area contributed by atoms with Crippen LogP contribution in [0.5, 0.6) is 0 Å². The minimum absolute atomic E-state index is 0.383. The van der Waals surface area contributed by atoms with E-state index in [-0.39, 0.29) is 5.41 Å². The number of rotatable bonds is 4. The van der Waals surface area contributed by atoms with E-state index in [9.17, 15) is 0 Å². The third-order valence-electron chi connectivity index (χ3n) is 16.8. The molecule has 0 aliphatic heterocycles. The largest absolute Gasteiger partial charge is 0.456 e. The van der Waals surface area contributed by atoms with Gasteiger partial charge in [-0.15, -0.1) is 0 Å². The van der Waals surface area contributed by atoms with Gasteiger partial charge in [-0.3, -0.25) is 0 Å². The Bertz CT molecular complexity index is 4840. The molecular formula is C68H44O4. The first-order chi connectivity index (χ1) is 35.1. The second-order valence-electron chi connectivity index (χ2n) is 21.1. The molecule has 14 aromatic rings. The van der Waals surface area contributed by atoms with Crippen molar-refractivity contribution in [3.05, 3.63) is 204 Å². The van der Waals surface area contributed by atoms with Gasteiger partial charge in [-0.2, -0.15) is 0 Å². The van der Waals surface area contributed by atoms with E-state index in [0.717, 1.165) is 132 Å². The monoisotopic (exact) mass is 924 g/mol. The summed E-state index contributed by atoms with van der Waals surface area (Å²) in [6.07, 6.45) is 3.66. The quantitative estimate of drug-likeness (QED) is 0.176. The number of hydrogen-bond acceptors (Lipinski definition) is 4. The van der Waals surface area contributed by atoms with Crippen LogP contribution >= 0.6 is 0 Å². The highest BCUT2D eigenvalue weighted by Crippen LogP contribution is 2.62. The Morgan fingerprint density at radius 2 is 0.778 bits per heavy atom. The molecule has 0 radical (unpaired) electrons. The molecule has 0 saturated carbocycles. The van der Waals surface area contributed by atoms with E-state index in [1.165, 1.54) is 44.3 Å². The second-order valence-corrected chi connectivity index (χ2v) is 21.1. The van der Waals surface area contributed by atoms with Gasteiger partial charge < -0.3 is 17.7 Å². The molecule has 10 aromatic carbocycles. The van der Waals surface area contributed by atoms with Crippen LogP contribution in [0.15, 0.2) is 189 Å². The highest BCUT2D eigenvalue weighted by Gasteiger charge is 2.45. The van der Waals surface area contributed by atoms with Crippen molar-refractivity contribution in [3.8, 4) is 44.5 Å². The van der Waals surface area contributed by atoms with Crippen LogP contribution in [0.2, 0.25) is 0 Å². The first-order valence-electron chi connectivity index (χ1n) is 24.9. The molecule has 4 heteroatoms. The van der Waals surface area contributed by atoms with Crippen molar-refractivity contribution < 1.29 is 17.7 Å². The Labute approximate surface area is 413 Å². The lowest BCUT2D eigenvalue weighted by Crippen LogP contribution is -2.17. The zero-order valence-corrected chi connectivity index (χ0v) is 40.2. The molecular weight excluding hydrogens is 881 g/mol. The predicted molar refractivity (Wildman–Crippen MR) is 299 cm³/mol. The Kier molecular flexibility index (Phi) is 7.49. The molecule has 0 unspecified atom stereocenters. The van der Waals surface area contributed by atoms with Crippen molar-refractivity contribution in [1.82, 2.24) is 0 Å². The first-order valence-corrected chi connectivity index (χ1v) is 24.9. The first kappa shape index (κ1) is 39.9.